The zero-order valence-electron chi connectivity index (χ0n) is 24.0. The van der Waals surface area contributed by atoms with Crippen LogP contribution in [0.5, 0.6) is 0 Å². The third-order valence-electron chi connectivity index (χ3n) is 8.09. The molecule has 0 aliphatic rings. The van der Waals surface area contributed by atoms with E-state index in [9.17, 15) is 0 Å². The lowest BCUT2D eigenvalue weighted by atomic mass is 9.93. The molecule has 0 aliphatic heterocycles. The first-order chi connectivity index (χ1) is 13.4. The van der Waals surface area contributed by atoms with E-state index >= 15 is 0 Å². The Bertz CT molecular complexity index is 584. The molecule has 0 bridgehead atoms. The van der Waals surface area contributed by atoms with Crippen LogP contribution in [0.4, 0.5) is 0 Å². The second kappa shape index (κ2) is 10.1. The van der Waals surface area contributed by atoms with Gasteiger partial charge in [-0.2, -0.15) is 0 Å². The lowest BCUT2D eigenvalue weighted by Crippen LogP contribution is -2.66. The van der Waals surface area contributed by atoms with Crippen LogP contribution in [0, 0.1) is 0 Å². The normalized spacial score (nSPS) is 17.2. The van der Waals surface area contributed by atoms with Crippen molar-refractivity contribution < 1.29 is 13.3 Å². The van der Waals surface area contributed by atoms with Crippen LogP contribution < -0.4 is 5.73 Å². The Morgan fingerprint density at radius 2 is 1.19 bits per heavy atom. The molecule has 0 spiro atoms. The van der Waals surface area contributed by atoms with E-state index < -0.39 is 33.7 Å². The highest BCUT2D eigenvalue weighted by Gasteiger charge is 2.59. The Labute approximate surface area is 200 Å². The molecule has 0 amide bonds. The van der Waals surface area contributed by atoms with Crippen LogP contribution in [0.3, 0.4) is 0 Å². The van der Waals surface area contributed by atoms with Crippen LogP contribution in [0.25, 0.3) is 0 Å². The van der Waals surface area contributed by atoms with E-state index in [-0.39, 0.29) is 21.1 Å². The molecular formula is C23H57NO3Si4. The first kappa shape index (κ1) is 31.7. The highest BCUT2D eigenvalue weighted by atomic mass is 28.4. The minimum Gasteiger partial charge on any atom is -0.415 e. The molecule has 31 heavy (non-hydrogen) atoms. The highest BCUT2D eigenvalue weighted by molar-refractivity contribution is 6.78. The SMILES string of the molecule is C[SiH](C)C(C)(C)O[Si](C)(CCCN)C(C)(C)C(C)(C)O[Si](C)(C)C(C)(C)O[Si](C)(C)C. The van der Waals surface area contributed by atoms with Gasteiger partial charge in [-0.25, -0.2) is 0 Å². The Morgan fingerprint density at radius 3 is 1.55 bits per heavy atom. The Balaban J connectivity index is 6.17. The van der Waals surface area contributed by atoms with Crippen molar-refractivity contribution >= 4 is 33.7 Å². The van der Waals surface area contributed by atoms with Crippen molar-refractivity contribution in [3.63, 3.8) is 0 Å². The Kier molecular flexibility index (Phi) is 10.4. The minimum atomic E-state index is -2.22. The molecule has 0 aromatic heterocycles. The predicted octanol–water partition coefficient (Wildman–Crippen LogP) is 6.68. The highest BCUT2D eigenvalue weighted by Crippen LogP contribution is 2.54. The molecule has 0 saturated heterocycles. The van der Waals surface area contributed by atoms with Crippen molar-refractivity contribution in [2.75, 3.05) is 6.54 Å². The van der Waals surface area contributed by atoms with Gasteiger partial charge in [-0.15, -0.1) is 0 Å². The molecule has 0 radical (unpaired) electrons. The molecule has 1 unspecified atom stereocenters. The molecule has 0 rings (SSSR count). The smallest absolute Gasteiger partial charge is 0.216 e. The van der Waals surface area contributed by atoms with E-state index in [1.165, 1.54) is 0 Å². The third-order valence-corrected chi connectivity index (χ3v) is 22.1. The van der Waals surface area contributed by atoms with Crippen molar-refractivity contribution in [1.82, 2.24) is 0 Å². The van der Waals surface area contributed by atoms with Gasteiger partial charge in [0.15, 0.2) is 16.6 Å². The van der Waals surface area contributed by atoms with E-state index in [0.29, 0.717) is 6.54 Å². The van der Waals surface area contributed by atoms with E-state index in [1.807, 2.05) is 0 Å². The summed E-state index contributed by atoms with van der Waals surface area (Å²) in [4.78, 5) is 0. The van der Waals surface area contributed by atoms with Gasteiger partial charge < -0.3 is 19.0 Å². The third kappa shape index (κ3) is 7.87. The molecule has 4 nitrogen and oxygen atoms in total. The minimum absolute atomic E-state index is 0.0456. The van der Waals surface area contributed by atoms with Gasteiger partial charge in [0.25, 0.3) is 0 Å². The largest absolute Gasteiger partial charge is 0.415 e. The van der Waals surface area contributed by atoms with Gasteiger partial charge in [-0.05, 0) is 99.8 Å². The number of hydrogen-bond donors (Lipinski definition) is 1. The second-order valence-electron chi connectivity index (χ2n) is 13.5. The van der Waals surface area contributed by atoms with Gasteiger partial charge in [0, 0.05) is 10.3 Å². The summed E-state index contributed by atoms with van der Waals surface area (Å²) >= 11 is 0. The van der Waals surface area contributed by atoms with Crippen LogP contribution in [0.1, 0.15) is 61.8 Å². The zero-order valence-corrected chi connectivity index (χ0v) is 28.2. The van der Waals surface area contributed by atoms with E-state index in [0.717, 1.165) is 12.5 Å². The van der Waals surface area contributed by atoms with Crippen molar-refractivity contribution in [1.29, 1.82) is 0 Å². The molecule has 8 heteroatoms. The number of nitrogens with two attached hydrogens (primary N) is 1. The van der Waals surface area contributed by atoms with Crippen LogP contribution in [0.15, 0.2) is 0 Å². The lowest BCUT2D eigenvalue weighted by Gasteiger charge is -2.57. The maximum atomic E-state index is 7.18. The fourth-order valence-electron chi connectivity index (χ4n) is 4.04. The topological polar surface area (TPSA) is 53.7 Å². The molecule has 0 heterocycles. The average molecular weight is 508 g/mol. The molecule has 0 aliphatic carbocycles. The summed E-state index contributed by atoms with van der Waals surface area (Å²) in [5, 5.41) is -0.406. The maximum Gasteiger partial charge on any atom is 0.216 e. The monoisotopic (exact) mass is 507 g/mol. The van der Waals surface area contributed by atoms with Crippen molar-refractivity contribution in [3.8, 4) is 0 Å². The predicted molar refractivity (Wildman–Crippen MR) is 149 cm³/mol. The van der Waals surface area contributed by atoms with Gasteiger partial charge in [0.1, 0.15) is 0 Å². The zero-order chi connectivity index (χ0) is 25.3. The molecule has 188 valence electrons. The van der Waals surface area contributed by atoms with Crippen molar-refractivity contribution in [2.45, 2.75) is 141 Å². The fourth-order valence-corrected chi connectivity index (χ4v) is 15.4. The summed E-state index contributed by atoms with van der Waals surface area (Å²) in [5.41, 5.74) is 5.63. The standard InChI is InChI=1S/C23H57NO3Si4/c1-20(2,25-30(14,15)23(7,8)27-29(11,12)13)21(3,4)31(16,19-17-18-24)26-22(5,6)28(9)10/h28H,17-19,24H2,1-16H3. The summed E-state index contributed by atoms with van der Waals surface area (Å²) in [6.45, 7) is 37.7. The summed E-state index contributed by atoms with van der Waals surface area (Å²) < 4.78 is 21.0. The molecule has 0 aromatic carbocycles. The van der Waals surface area contributed by atoms with Gasteiger partial charge >= 0.3 is 0 Å². The summed E-state index contributed by atoms with van der Waals surface area (Å²) in [7, 11) is -7.12. The van der Waals surface area contributed by atoms with E-state index in [4.69, 9.17) is 19.0 Å². The number of rotatable bonds is 13. The molecule has 2 N–H and O–H groups in total. The molecule has 0 saturated carbocycles. The Hall–Kier alpha value is 0.708. The lowest BCUT2D eigenvalue weighted by molar-refractivity contribution is 0.0159. The van der Waals surface area contributed by atoms with E-state index in [1.54, 1.807) is 0 Å². The number of hydrogen-bond acceptors (Lipinski definition) is 4. The first-order valence-electron chi connectivity index (χ1n) is 12.2. The summed E-state index contributed by atoms with van der Waals surface area (Å²) in [6, 6.07) is 1.06. The maximum absolute atomic E-state index is 7.18. The summed E-state index contributed by atoms with van der Waals surface area (Å²) in [6.07, 6.45) is 1.00. The quantitative estimate of drug-likeness (QED) is 0.282. The van der Waals surface area contributed by atoms with Gasteiger partial charge in [0.2, 0.25) is 8.32 Å². The van der Waals surface area contributed by atoms with Gasteiger partial charge in [0.05, 0.1) is 19.6 Å². The molecule has 0 fully saturated rings. The molecular weight excluding hydrogens is 451 g/mol. The molecule has 1 atom stereocenters. The van der Waals surface area contributed by atoms with Crippen LogP contribution in [-0.4, -0.2) is 56.3 Å². The fraction of sp³-hybridized carbons (Fsp3) is 1.00. The van der Waals surface area contributed by atoms with Crippen molar-refractivity contribution in [3.05, 3.63) is 0 Å². The van der Waals surface area contributed by atoms with Crippen LogP contribution in [-0.2, 0) is 13.3 Å². The van der Waals surface area contributed by atoms with Gasteiger partial charge in [-0.1, -0.05) is 26.9 Å². The Morgan fingerprint density at radius 1 is 0.742 bits per heavy atom. The van der Waals surface area contributed by atoms with Crippen LogP contribution >= 0.6 is 0 Å². The molecule has 0 aromatic rings. The van der Waals surface area contributed by atoms with Crippen molar-refractivity contribution in [2.24, 2.45) is 5.73 Å². The second-order valence-corrected chi connectivity index (χ2v) is 30.4. The first-order valence-corrected chi connectivity index (χ1v) is 24.0. The average Bonchev–Trinajstić information content (AvgIpc) is 2.48. The van der Waals surface area contributed by atoms with E-state index in [2.05, 4.69) is 108 Å². The van der Waals surface area contributed by atoms with Gasteiger partial charge in [-0.3, -0.25) is 0 Å². The summed E-state index contributed by atoms with van der Waals surface area (Å²) in [5.74, 6) is 0. The van der Waals surface area contributed by atoms with Crippen LogP contribution in [0.2, 0.25) is 63.5 Å².